The molecule has 0 saturated heterocycles. The molecule has 0 radical (unpaired) electrons. The molecule has 0 aliphatic heterocycles. The van der Waals surface area contributed by atoms with E-state index >= 15 is 0 Å². The first-order chi connectivity index (χ1) is 6.32. The summed E-state index contributed by atoms with van der Waals surface area (Å²) < 4.78 is 0. The summed E-state index contributed by atoms with van der Waals surface area (Å²) in [5.41, 5.74) is -0.0811. The van der Waals surface area contributed by atoms with Crippen molar-refractivity contribution in [3.8, 4) is 0 Å². The van der Waals surface area contributed by atoms with Crippen LogP contribution in [0.3, 0.4) is 0 Å². The van der Waals surface area contributed by atoms with Crippen molar-refractivity contribution >= 4 is 24.2 Å². The molecule has 0 saturated carbocycles. The summed E-state index contributed by atoms with van der Waals surface area (Å²) in [6, 6.07) is 0. The number of aromatic nitrogens is 2. The van der Waals surface area contributed by atoms with Gasteiger partial charge in [-0.1, -0.05) is 32.4 Å². The van der Waals surface area contributed by atoms with Crippen LogP contribution in [-0.4, -0.2) is 27.1 Å². The van der Waals surface area contributed by atoms with Gasteiger partial charge in [-0.05, 0) is 0 Å². The fourth-order valence-electron chi connectivity index (χ4n) is 0.905. The molecule has 0 atom stereocenters. The maximum atomic E-state index is 8.89. The van der Waals surface area contributed by atoms with Crippen LogP contribution in [0.25, 0.3) is 0 Å². The van der Waals surface area contributed by atoms with E-state index < -0.39 is 7.12 Å². The second kappa shape index (κ2) is 3.84. The average molecular weight is 214 g/mol. The van der Waals surface area contributed by atoms with Gasteiger partial charge in [0.2, 0.25) is 0 Å². The van der Waals surface area contributed by atoms with Gasteiger partial charge in [-0.3, -0.25) is 0 Å². The van der Waals surface area contributed by atoms with Crippen LogP contribution in [0.4, 0.5) is 0 Å². The van der Waals surface area contributed by atoms with Gasteiger partial charge in [0.15, 0.2) is 0 Å². The predicted molar refractivity (Wildman–Crippen MR) is 55.6 cm³/mol. The summed E-state index contributed by atoms with van der Waals surface area (Å²) >= 11 is 5.76. The van der Waals surface area contributed by atoms with Crippen molar-refractivity contribution in [2.45, 2.75) is 26.2 Å². The standard InChI is InChI=1S/C8H12BClN2O2/c1-8(2,3)7-11-4-5(9(13)14)6(10)12-7/h4,13-14H,1-3H3. The molecule has 4 nitrogen and oxygen atoms in total. The molecule has 2 N–H and O–H groups in total. The third kappa shape index (κ3) is 2.44. The molecule has 0 unspecified atom stereocenters. The Bertz CT molecular complexity index is 339. The van der Waals surface area contributed by atoms with E-state index in [2.05, 4.69) is 9.97 Å². The van der Waals surface area contributed by atoms with Crippen LogP contribution in [0.15, 0.2) is 6.20 Å². The number of nitrogens with zero attached hydrogens (tertiary/aromatic N) is 2. The van der Waals surface area contributed by atoms with Crippen molar-refractivity contribution in [2.24, 2.45) is 0 Å². The molecule has 1 aromatic rings. The van der Waals surface area contributed by atoms with Gasteiger partial charge in [0.05, 0.1) is 0 Å². The van der Waals surface area contributed by atoms with Gasteiger partial charge >= 0.3 is 7.12 Å². The minimum atomic E-state index is -1.63. The van der Waals surface area contributed by atoms with Gasteiger partial charge in [0.25, 0.3) is 0 Å². The Hall–Kier alpha value is -0.645. The summed E-state index contributed by atoms with van der Waals surface area (Å²) in [6.45, 7) is 5.86. The average Bonchev–Trinajstić information content (AvgIpc) is 2.01. The highest BCUT2D eigenvalue weighted by atomic mass is 35.5. The van der Waals surface area contributed by atoms with Crippen LogP contribution < -0.4 is 5.46 Å². The molecule has 0 bridgehead atoms. The highest BCUT2D eigenvalue weighted by molar-refractivity contribution is 6.62. The first-order valence-electron chi connectivity index (χ1n) is 4.21. The van der Waals surface area contributed by atoms with Gasteiger partial charge in [0.1, 0.15) is 11.0 Å². The molecule has 0 aliphatic rings. The van der Waals surface area contributed by atoms with E-state index in [9.17, 15) is 0 Å². The molecule has 76 valence electrons. The Balaban J connectivity index is 3.13. The fraction of sp³-hybridized carbons (Fsp3) is 0.500. The zero-order chi connectivity index (χ0) is 10.9. The van der Waals surface area contributed by atoms with Gasteiger partial charge in [-0.2, -0.15) is 0 Å². The van der Waals surface area contributed by atoms with Crippen LogP contribution >= 0.6 is 11.6 Å². The monoisotopic (exact) mass is 214 g/mol. The summed E-state index contributed by atoms with van der Waals surface area (Å²) in [5, 5.41) is 17.9. The van der Waals surface area contributed by atoms with Crippen LogP contribution in [0.5, 0.6) is 0 Å². The summed E-state index contributed by atoms with van der Waals surface area (Å²) in [7, 11) is -1.63. The van der Waals surface area contributed by atoms with Gasteiger partial charge in [-0.25, -0.2) is 9.97 Å². The first kappa shape index (κ1) is 11.4. The topological polar surface area (TPSA) is 66.2 Å². The maximum absolute atomic E-state index is 8.89. The lowest BCUT2D eigenvalue weighted by atomic mass is 9.82. The number of hydrogen-bond donors (Lipinski definition) is 2. The van der Waals surface area contributed by atoms with Gasteiger partial charge in [0, 0.05) is 17.1 Å². The van der Waals surface area contributed by atoms with Crippen molar-refractivity contribution in [1.29, 1.82) is 0 Å². The molecule has 1 heterocycles. The first-order valence-corrected chi connectivity index (χ1v) is 4.59. The minimum Gasteiger partial charge on any atom is -0.423 e. The second-order valence-corrected chi connectivity index (χ2v) is 4.42. The minimum absolute atomic E-state index is 0.0833. The Morgan fingerprint density at radius 2 is 1.93 bits per heavy atom. The van der Waals surface area contributed by atoms with E-state index in [1.54, 1.807) is 0 Å². The summed E-state index contributed by atoms with van der Waals surface area (Å²) in [5.74, 6) is 0.576. The molecule has 1 rings (SSSR count). The largest absolute Gasteiger partial charge is 0.493 e. The SMILES string of the molecule is CC(C)(C)c1ncc(B(O)O)c(Cl)n1. The molecule has 6 heteroatoms. The van der Waals surface area contributed by atoms with E-state index in [-0.39, 0.29) is 16.0 Å². The van der Waals surface area contributed by atoms with Gasteiger partial charge < -0.3 is 10.0 Å². The van der Waals surface area contributed by atoms with Crippen molar-refractivity contribution < 1.29 is 10.0 Å². The normalized spacial score (nSPS) is 11.6. The van der Waals surface area contributed by atoms with Crippen molar-refractivity contribution in [2.75, 3.05) is 0 Å². The van der Waals surface area contributed by atoms with E-state index in [0.717, 1.165) is 0 Å². The lowest BCUT2D eigenvalue weighted by Gasteiger charge is -2.16. The molecular formula is C8H12BClN2O2. The van der Waals surface area contributed by atoms with Crippen molar-refractivity contribution in [3.05, 3.63) is 17.2 Å². The van der Waals surface area contributed by atoms with Crippen molar-refractivity contribution in [3.63, 3.8) is 0 Å². The fourth-order valence-corrected chi connectivity index (χ4v) is 1.13. The lowest BCUT2D eigenvalue weighted by molar-refractivity contribution is 0.425. The molecule has 0 fully saturated rings. The molecule has 14 heavy (non-hydrogen) atoms. The number of rotatable bonds is 1. The Kier molecular flexibility index (Phi) is 3.14. The molecule has 0 spiro atoms. The van der Waals surface area contributed by atoms with Gasteiger partial charge in [-0.15, -0.1) is 0 Å². The van der Waals surface area contributed by atoms with E-state index in [0.29, 0.717) is 5.82 Å². The molecule has 0 aliphatic carbocycles. The zero-order valence-corrected chi connectivity index (χ0v) is 9.08. The Morgan fingerprint density at radius 1 is 1.36 bits per heavy atom. The molecule has 0 aromatic carbocycles. The molecule has 1 aromatic heterocycles. The summed E-state index contributed by atoms with van der Waals surface area (Å²) in [4.78, 5) is 8.02. The zero-order valence-electron chi connectivity index (χ0n) is 8.32. The second-order valence-electron chi connectivity index (χ2n) is 4.06. The highest BCUT2D eigenvalue weighted by Crippen LogP contribution is 2.18. The number of hydrogen-bond acceptors (Lipinski definition) is 4. The van der Waals surface area contributed by atoms with E-state index in [1.807, 2.05) is 20.8 Å². The number of halogens is 1. The summed E-state index contributed by atoms with van der Waals surface area (Å²) in [6.07, 6.45) is 1.33. The van der Waals surface area contributed by atoms with Crippen LogP contribution in [-0.2, 0) is 5.41 Å². The molecular weight excluding hydrogens is 202 g/mol. The van der Waals surface area contributed by atoms with Crippen LogP contribution in [0.2, 0.25) is 5.15 Å². The van der Waals surface area contributed by atoms with Crippen molar-refractivity contribution in [1.82, 2.24) is 9.97 Å². The lowest BCUT2D eigenvalue weighted by Crippen LogP contribution is -2.33. The third-order valence-corrected chi connectivity index (χ3v) is 2.02. The molecule has 0 amide bonds. The Labute approximate surface area is 88.1 Å². The predicted octanol–water partition coefficient (Wildman–Crippen LogP) is 0.107. The maximum Gasteiger partial charge on any atom is 0.493 e. The highest BCUT2D eigenvalue weighted by Gasteiger charge is 2.22. The van der Waals surface area contributed by atoms with E-state index in [4.69, 9.17) is 21.6 Å². The third-order valence-electron chi connectivity index (χ3n) is 1.72. The Morgan fingerprint density at radius 3 is 2.29 bits per heavy atom. The van der Waals surface area contributed by atoms with Crippen LogP contribution in [0, 0.1) is 0 Å². The smallest absolute Gasteiger partial charge is 0.423 e. The van der Waals surface area contributed by atoms with E-state index in [1.165, 1.54) is 6.20 Å². The quantitative estimate of drug-likeness (QED) is 0.514. The van der Waals surface area contributed by atoms with Crippen LogP contribution in [0.1, 0.15) is 26.6 Å².